The molecule has 0 saturated heterocycles. The largest absolute Gasteiger partial charge is 0.503 e. The summed E-state index contributed by atoms with van der Waals surface area (Å²) in [6.07, 6.45) is 0. The van der Waals surface area contributed by atoms with Crippen molar-refractivity contribution in [1.82, 2.24) is 0 Å². The van der Waals surface area contributed by atoms with Crippen molar-refractivity contribution < 1.29 is 18.4 Å². The number of hydrogen-bond donors (Lipinski definition) is 0. The van der Waals surface area contributed by atoms with Crippen molar-refractivity contribution >= 4 is 13.1 Å². The molecule has 0 aliphatic heterocycles. The third kappa shape index (κ3) is 4.02. The Labute approximate surface area is 165 Å². The molecule has 4 nitrogen and oxygen atoms in total. The zero-order valence-corrected chi connectivity index (χ0v) is 17.3. The van der Waals surface area contributed by atoms with E-state index in [4.69, 9.17) is 9.05 Å². The van der Waals surface area contributed by atoms with E-state index in [1.807, 2.05) is 64.1 Å². The Bertz CT molecular complexity index is 959. The van der Waals surface area contributed by atoms with E-state index in [1.165, 1.54) is 0 Å². The summed E-state index contributed by atoms with van der Waals surface area (Å²) in [6, 6.07) is 19.6. The molecule has 28 heavy (non-hydrogen) atoms. The summed E-state index contributed by atoms with van der Waals surface area (Å²) in [5, 5.41) is 0. The minimum Gasteiger partial charge on any atom is -0.410 e. The van der Waals surface area contributed by atoms with Crippen molar-refractivity contribution in [3.8, 4) is 11.5 Å². The molecule has 5 heteroatoms. The number of carbonyl (C=O) groups is 1. The van der Waals surface area contributed by atoms with Gasteiger partial charge in [0.25, 0.3) is 5.52 Å². The first-order valence-corrected chi connectivity index (χ1v) is 10.6. The Hall–Kier alpha value is -2.84. The van der Waals surface area contributed by atoms with Gasteiger partial charge in [0.15, 0.2) is 0 Å². The third-order valence-corrected chi connectivity index (χ3v) is 6.11. The van der Waals surface area contributed by atoms with Crippen molar-refractivity contribution in [1.29, 1.82) is 0 Å². The predicted molar refractivity (Wildman–Crippen MR) is 111 cm³/mol. The van der Waals surface area contributed by atoms with Crippen LogP contribution in [-0.4, -0.2) is 5.52 Å². The maximum absolute atomic E-state index is 13.9. The van der Waals surface area contributed by atoms with E-state index in [1.54, 1.807) is 30.3 Å². The number of para-hydroxylation sites is 2. The zero-order valence-electron chi connectivity index (χ0n) is 16.4. The minimum atomic E-state index is -4.22. The number of aryl methyl sites for hydroxylation is 4. The summed E-state index contributed by atoms with van der Waals surface area (Å²) in [5.41, 5.74) is 2.75. The summed E-state index contributed by atoms with van der Waals surface area (Å²) in [6.45, 7) is 7.38. The van der Waals surface area contributed by atoms with Gasteiger partial charge in [-0.05, 0) is 49.9 Å². The maximum atomic E-state index is 13.9. The fourth-order valence-corrected chi connectivity index (χ4v) is 4.69. The van der Waals surface area contributed by atoms with E-state index in [0.29, 0.717) is 11.5 Å². The van der Waals surface area contributed by atoms with Gasteiger partial charge >= 0.3 is 7.60 Å². The lowest BCUT2D eigenvalue weighted by Gasteiger charge is -2.22. The van der Waals surface area contributed by atoms with Crippen LogP contribution in [-0.2, 0) is 4.57 Å². The van der Waals surface area contributed by atoms with Crippen LogP contribution in [0.5, 0.6) is 11.5 Å². The Morgan fingerprint density at radius 3 is 1.43 bits per heavy atom. The topological polar surface area (TPSA) is 52.6 Å². The molecular formula is C23H23O4P. The number of benzene rings is 3. The zero-order chi connectivity index (χ0) is 20.3. The summed E-state index contributed by atoms with van der Waals surface area (Å²) in [5.74, 6) is 0.808. The summed E-state index contributed by atoms with van der Waals surface area (Å²) in [4.78, 5) is 13.2. The van der Waals surface area contributed by atoms with E-state index in [2.05, 4.69) is 0 Å². The lowest BCUT2D eigenvalue weighted by molar-refractivity contribution is 0.104. The van der Waals surface area contributed by atoms with Crippen LogP contribution in [0.25, 0.3) is 0 Å². The average molecular weight is 394 g/mol. The van der Waals surface area contributed by atoms with Crippen LogP contribution in [0.15, 0.2) is 66.7 Å². The molecule has 0 heterocycles. The van der Waals surface area contributed by atoms with Crippen LogP contribution in [0.2, 0.25) is 0 Å². The molecule has 0 unspecified atom stereocenters. The monoisotopic (exact) mass is 394 g/mol. The summed E-state index contributed by atoms with van der Waals surface area (Å²) >= 11 is 0. The van der Waals surface area contributed by atoms with Gasteiger partial charge in [0.1, 0.15) is 11.5 Å². The molecule has 0 aromatic heterocycles. The molecule has 0 aliphatic rings. The molecule has 0 aliphatic carbocycles. The van der Waals surface area contributed by atoms with Gasteiger partial charge in [-0.3, -0.25) is 4.79 Å². The molecule has 0 fully saturated rings. The first-order valence-electron chi connectivity index (χ1n) is 9.03. The second-order valence-electron chi connectivity index (χ2n) is 6.79. The molecule has 0 bridgehead atoms. The van der Waals surface area contributed by atoms with E-state index in [9.17, 15) is 9.36 Å². The van der Waals surface area contributed by atoms with Crippen LogP contribution < -0.4 is 9.05 Å². The van der Waals surface area contributed by atoms with Crippen LogP contribution in [0, 0.1) is 27.7 Å². The lowest BCUT2D eigenvalue weighted by Crippen LogP contribution is -2.13. The second-order valence-corrected chi connectivity index (χ2v) is 8.56. The van der Waals surface area contributed by atoms with E-state index in [-0.39, 0.29) is 5.56 Å². The molecule has 3 rings (SSSR count). The third-order valence-electron chi connectivity index (χ3n) is 4.51. The van der Waals surface area contributed by atoms with Gasteiger partial charge in [-0.1, -0.05) is 66.7 Å². The SMILES string of the molecule is Cc1cccc(C)c1OP(=O)(Oc1c(C)cccc1C)C(=O)c1ccccc1. The van der Waals surface area contributed by atoms with Crippen molar-refractivity contribution in [3.63, 3.8) is 0 Å². The highest BCUT2D eigenvalue weighted by molar-refractivity contribution is 7.73. The molecule has 0 saturated carbocycles. The van der Waals surface area contributed by atoms with Gasteiger partial charge < -0.3 is 9.05 Å². The van der Waals surface area contributed by atoms with Crippen LogP contribution >= 0.6 is 7.60 Å². The van der Waals surface area contributed by atoms with Gasteiger partial charge in [-0.25, -0.2) is 4.57 Å². The number of hydrogen-bond acceptors (Lipinski definition) is 4. The Kier molecular flexibility index (Phi) is 5.71. The van der Waals surface area contributed by atoms with Gasteiger partial charge in [0, 0.05) is 5.56 Å². The highest BCUT2D eigenvalue weighted by atomic mass is 31.2. The van der Waals surface area contributed by atoms with Gasteiger partial charge in [0.05, 0.1) is 0 Å². The Balaban J connectivity index is 2.11. The second kappa shape index (κ2) is 8.04. The molecule has 3 aromatic rings. The molecule has 0 radical (unpaired) electrons. The highest BCUT2D eigenvalue weighted by Gasteiger charge is 2.40. The predicted octanol–water partition coefficient (Wildman–Crippen LogP) is 6.41. The molecule has 0 amide bonds. The van der Waals surface area contributed by atoms with Gasteiger partial charge in [-0.15, -0.1) is 0 Å². The molecule has 0 N–H and O–H groups in total. The van der Waals surface area contributed by atoms with Crippen molar-refractivity contribution in [2.45, 2.75) is 27.7 Å². The van der Waals surface area contributed by atoms with Crippen molar-refractivity contribution in [3.05, 3.63) is 94.5 Å². The first kappa shape index (κ1) is 19.9. The maximum Gasteiger partial charge on any atom is 0.503 e. The summed E-state index contributed by atoms with van der Waals surface area (Å²) in [7, 11) is -4.22. The van der Waals surface area contributed by atoms with Crippen LogP contribution in [0.3, 0.4) is 0 Å². The first-order chi connectivity index (χ1) is 13.3. The Morgan fingerprint density at radius 2 is 1.04 bits per heavy atom. The molecular weight excluding hydrogens is 371 g/mol. The van der Waals surface area contributed by atoms with Crippen molar-refractivity contribution in [2.24, 2.45) is 0 Å². The minimum absolute atomic E-state index is 0.281. The molecule has 144 valence electrons. The van der Waals surface area contributed by atoms with Crippen LogP contribution in [0.4, 0.5) is 0 Å². The number of carbonyl (C=O) groups excluding carboxylic acids is 1. The smallest absolute Gasteiger partial charge is 0.410 e. The summed E-state index contributed by atoms with van der Waals surface area (Å²) < 4.78 is 25.6. The molecule has 3 aromatic carbocycles. The van der Waals surface area contributed by atoms with Crippen molar-refractivity contribution in [2.75, 3.05) is 0 Å². The quantitative estimate of drug-likeness (QED) is 0.453. The molecule has 0 spiro atoms. The average Bonchev–Trinajstić information content (AvgIpc) is 2.68. The molecule has 0 atom stereocenters. The van der Waals surface area contributed by atoms with E-state index < -0.39 is 13.1 Å². The highest BCUT2D eigenvalue weighted by Crippen LogP contribution is 2.53. The van der Waals surface area contributed by atoms with E-state index >= 15 is 0 Å². The van der Waals surface area contributed by atoms with Gasteiger partial charge in [-0.2, -0.15) is 0 Å². The fraction of sp³-hybridized carbons (Fsp3) is 0.174. The fourth-order valence-electron chi connectivity index (χ4n) is 2.97. The van der Waals surface area contributed by atoms with E-state index in [0.717, 1.165) is 22.3 Å². The van der Waals surface area contributed by atoms with Crippen LogP contribution in [0.1, 0.15) is 32.6 Å². The normalized spacial score (nSPS) is 11.1. The number of rotatable bonds is 6. The van der Waals surface area contributed by atoms with Gasteiger partial charge in [0.2, 0.25) is 0 Å². The Morgan fingerprint density at radius 1 is 0.643 bits per heavy atom. The standard InChI is InChI=1S/C23H23O4P/c1-16-10-8-11-17(2)21(16)26-28(25,23(24)20-14-6-5-7-15-20)27-22-18(3)12-9-13-19(22)4/h5-15H,1-4H3. The lowest BCUT2D eigenvalue weighted by atomic mass is 10.1.